The van der Waals surface area contributed by atoms with Gasteiger partial charge in [-0.2, -0.15) is 4.98 Å². The maximum atomic E-state index is 13.0. The molecular formula is C20H21FN6O. The van der Waals surface area contributed by atoms with Crippen LogP contribution in [0.15, 0.2) is 29.2 Å². The molecule has 1 fully saturated rings. The van der Waals surface area contributed by atoms with Crippen molar-refractivity contribution in [3.63, 3.8) is 0 Å². The van der Waals surface area contributed by atoms with E-state index < -0.39 is 0 Å². The summed E-state index contributed by atoms with van der Waals surface area (Å²) in [6.45, 7) is 1.96. The molecule has 7 nitrogen and oxygen atoms in total. The SMILES string of the molecule is Fc1ccc(-c2noc(CC3CCN(c4ncnc5c4CCC5)CC3)n2)nc1. The Kier molecular flexibility index (Phi) is 4.46. The molecule has 1 aliphatic carbocycles. The molecular weight excluding hydrogens is 359 g/mol. The normalized spacial score (nSPS) is 17.1. The minimum Gasteiger partial charge on any atom is -0.356 e. The maximum absolute atomic E-state index is 13.0. The molecule has 0 amide bonds. The molecule has 2 aliphatic rings. The van der Waals surface area contributed by atoms with Crippen LogP contribution in [0.3, 0.4) is 0 Å². The van der Waals surface area contributed by atoms with Crippen molar-refractivity contribution in [2.75, 3.05) is 18.0 Å². The van der Waals surface area contributed by atoms with Crippen molar-refractivity contribution in [2.45, 2.75) is 38.5 Å². The lowest BCUT2D eigenvalue weighted by molar-refractivity contribution is 0.324. The van der Waals surface area contributed by atoms with E-state index in [1.807, 2.05) is 0 Å². The second kappa shape index (κ2) is 7.26. The third-order valence-electron chi connectivity index (χ3n) is 5.65. The standard InChI is InChI=1S/C20H21FN6O/c21-14-4-5-17(22-11-14)19-25-18(28-26-19)10-13-6-8-27(9-7-13)20-15-2-1-3-16(15)23-12-24-20/h4-5,11-13H,1-3,6-10H2. The molecule has 0 N–H and O–H groups in total. The van der Waals surface area contributed by atoms with Crippen LogP contribution in [-0.2, 0) is 19.3 Å². The van der Waals surface area contributed by atoms with Crippen LogP contribution < -0.4 is 4.90 Å². The molecule has 0 bridgehead atoms. The van der Waals surface area contributed by atoms with Gasteiger partial charge >= 0.3 is 0 Å². The molecule has 0 aromatic carbocycles. The van der Waals surface area contributed by atoms with E-state index in [0.717, 1.165) is 57.2 Å². The summed E-state index contributed by atoms with van der Waals surface area (Å²) in [5, 5.41) is 3.99. The Bertz CT molecular complexity index is 965. The van der Waals surface area contributed by atoms with E-state index in [4.69, 9.17) is 4.52 Å². The van der Waals surface area contributed by atoms with E-state index >= 15 is 0 Å². The summed E-state index contributed by atoms with van der Waals surface area (Å²) in [5.74, 6) is 2.27. The van der Waals surface area contributed by atoms with Gasteiger partial charge in [0.05, 0.1) is 6.20 Å². The van der Waals surface area contributed by atoms with Gasteiger partial charge in [-0.05, 0) is 50.2 Å². The third kappa shape index (κ3) is 3.34. The van der Waals surface area contributed by atoms with Gasteiger partial charge in [0.1, 0.15) is 23.7 Å². The fourth-order valence-electron chi connectivity index (χ4n) is 4.16. The van der Waals surface area contributed by atoms with Crippen molar-refractivity contribution >= 4 is 5.82 Å². The Hall–Kier alpha value is -2.90. The lowest BCUT2D eigenvalue weighted by atomic mass is 9.93. The Morgan fingerprint density at radius 2 is 2.00 bits per heavy atom. The molecule has 0 atom stereocenters. The fourth-order valence-corrected chi connectivity index (χ4v) is 4.16. The Morgan fingerprint density at radius 3 is 2.82 bits per heavy atom. The van der Waals surface area contributed by atoms with Gasteiger partial charge < -0.3 is 9.42 Å². The zero-order valence-corrected chi connectivity index (χ0v) is 15.5. The van der Waals surface area contributed by atoms with Crippen molar-refractivity contribution in [3.05, 3.63) is 47.6 Å². The van der Waals surface area contributed by atoms with Gasteiger partial charge in [-0.15, -0.1) is 0 Å². The van der Waals surface area contributed by atoms with Crippen LogP contribution in [0.5, 0.6) is 0 Å². The number of aromatic nitrogens is 5. The number of fused-ring (bicyclic) bond motifs is 1. The van der Waals surface area contributed by atoms with Crippen LogP contribution in [0.2, 0.25) is 0 Å². The lowest BCUT2D eigenvalue weighted by Crippen LogP contribution is -2.35. The predicted molar refractivity (Wildman–Crippen MR) is 100 cm³/mol. The molecule has 1 aliphatic heterocycles. The molecule has 8 heteroatoms. The topological polar surface area (TPSA) is 80.8 Å². The van der Waals surface area contributed by atoms with Gasteiger partial charge in [0.15, 0.2) is 0 Å². The molecule has 0 saturated carbocycles. The minimum absolute atomic E-state index is 0.381. The van der Waals surface area contributed by atoms with E-state index in [2.05, 4.69) is 30.0 Å². The first kappa shape index (κ1) is 17.2. The van der Waals surface area contributed by atoms with Gasteiger partial charge in [0, 0.05) is 30.8 Å². The number of anilines is 1. The monoisotopic (exact) mass is 380 g/mol. The zero-order valence-electron chi connectivity index (χ0n) is 15.5. The lowest BCUT2D eigenvalue weighted by Gasteiger charge is -2.33. The molecule has 3 aromatic rings. The summed E-state index contributed by atoms with van der Waals surface area (Å²) in [7, 11) is 0. The minimum atomic E-state index is -0.381. The summed E-state index contributed by atoms with van der Waals surface area (Å²) in [5.41, 5.74) is 3.08. The van der Waals surface area contributed by atoms with Crippen LogP contribution in [-0.4, -0.2) is 38.2 Å². The summed E-state index contributed by atoms with van der Waals surface area (Å²) in [6.07, 6.45) is 9.08. The van der Waals surface area contributed by atoms with Crippen LogP contribution in [0.25, 0.3) is 11.5 Å². The van der Waals surface area contributed by atoms with Crippen molar-refractivity contribution in [2.24, 2.45) is 5.92 Å². The fraction of sp³-hybridized carbons (Fsp3) is 0.450. The molecule has 0 spiro atoms. The van der Waals surface area contributed by atoms with Gasteiger partial charge in [-0.25, -0.2) is 19.3 Å². The van der Waals surface area contributed by atoms with Crippen LogP contribution >= 0.6 is 0 Å². The number of aryl methyl sites for hydroxylation is 1. The first-order valence-electron chi connectivity index (χ1n) is 9.78. The summed E-state index contributed by atoms with van der Waals surface area (Å²) in [6, 6.07) is 2.90. The van der Waals surface area contributed by atoms with Crippen LogP contribution in [0.1, 0.15) is 36.4 Å². The highest BCUT2D eigenvalue weighted by Crippen LogP contribution is 2.31. The molecule has 0 radical (unpaired) electrons. The summed E-state index contributed by atoms with van der Waals surface area (Å²) >= 11 is 0. The highest BCUT2D eigenvalue weighted by Gasteiger charge is 2.26. The molecule has 1 saturated heterocycles. The maximum Gasteiger partial charge on any atom is 0.227 e. The van der Waals surface area contributed by atoms with E-state index in [1.54, 1.807) is 12.4 Å². The number of nitrogens with zero attached hydrogens (tertiary/aromatic N) is 6. The third-order valence-corrected chi connectivity index (χ3v) is 5.65. The molecule has 5 rings (SSSR count). The van der Waals surface area contributed by atoms with Gasteiger partial charge in [-0.3, -0.25) is 0 Å². The second-order valence-corrected chi connectivity index (χ2v) is 7.48. The summed E-state index contributed by atoms with van der Waals surface area (Å²) < 4.78 is 18.4. The molecule has 4 heterocycles. The van der Waals surface area contributed by atoms with Crippen LogP contribution in [0.4, 0.5) is 10.2 Å². The van der Waals surface area contributed by atoms with E-state index in [-0.39, 0.29) is 5.82 Å². The molecule has 144 valence electrons. The zero-order chi connectivity index (χ0) is 18.9. The van der Waals surface area contributed by atoms with Gasteiger partial charge in [-0.1, -0.05) is 5.16 Å². The second-order valence-electron chi connectivity index (χ2n) is 7.48. The van der Waals surface area contributed by atoms with E-state index in [0.29, 0.717) is 23.3 Å². The van der Waals surface area contributed by atoms with Gasteiger partial charge in [0.2, 0.25) is 11.7 Å². The molecule has 3 aromatic heterocycles. The highest BCUT2D eigenvalue weighted by atomic mass is 19.1. The van der Waals surface area contributed by atoms with Gasteiger partial charge in [0.25, 0.3) is 0 Å². The van der Waals surface area contributed by atoms with Crippen molar-refractivity contribution in [1.82, 2.24) is 25.1 Å². The number of hydrogen-bond donors (Lipinski definition) is 0. The quantitative estimate of drug-likeness (QED) is 0.688. The number of halogens is 1. The Morgan fingerprint density at radius 1 is 1.11 bits per heavy atom. The Labute approximate surface area is 162 Å². The number of pyridine rings is 1. The number of hydrogen-bond acceptors (Lipinski definition) is 7. The Balaban J connectivity index is 1.21. The summed E-state index contributed by atoms with van der Waals surface area (Å²) in [4.78, 5) is 19.8. The van der Waals surface area contributed by atoms with E-state index in [9.17, 15) is 4.39 Å². The largest absolute Gasteiger partial charge is 0.356 e. The smallest absolute Gasteiger partial charge is 0.227 e. The first-order valence-corrected chi connectivity index (χ1v) is 9.78. The van der Waals surface area contributed by atoms with E-state index in [1.165, 1.54) is 23.7 Å². The first-order chi connectivity index (χ1) is 13.8. The highest BCUT2D eigenvalue weighted by molar-refractivity contribution is 5.50. The van der Waals surface area contributed by atoms with Crippen LogP contribution in [0, 0.1) is 11.7 Å². The van der Waals surface area contributed by atoms with Crippen molar-refractivity contribution in [1.29, 1.82) is 0 Å². The van der Waals surface area contributed by atoms with Crippen molar-refractivity contribution in [3.8, 4) is 11.5 Å². The number of rotatable bonds is 4. The average Bonchev–Trinajstić information content (AvgIpc) is 3.38. The predicted octanol–water partition coefficient (Wildman–Crippen LogP) is 3.01. The number of piperidine rings is 1. The average molecular weight is 380 g/mol. The molecule has 0 unspecified atom stereocenters. The molecule has 28 heavy (non-hydrogen) atoms. The van der Waals surface area contributed by atoms with Crippen molar-refractivity contribution < 1.29 is 8.91 Å².